The van der Waals surface area contributed by atoms with Crippen LogP contribution in [0.5, 0.6) is 0 Å². The minimum absolute atomic E-state index is 0.327. The Kier molecular flexibility index (Phi) is 3.73. The number of nitrogens with one attached hydrogen (secondary N) is 1. The molecule has 0 unspecified atom stereocenters. The van der Waals surface area contributed by atoms with Gasteiger partial charge in [-0.15, -0.1) is 0 Å². The first-order valence-corrected chi connectivity index (χ1v) is 8.03. The van der Waals surface area contributed by atoms with Gasteiger partial charge in [-0.1, -0.05) is 0 Å². The Labute approximate surface area is 122 Å². The molecule has 0 saturated heterocycles. The van der Waals surface area contributed by atoms with Crippen molar-refractivity contribution in [3.05, 3.63) is 0 Å². The highest BCUT2D eigenvalue weighted by molar-refractivity contribution is 7.80. The van der Waals surface area contributed by atoms with Crippen LogP contribution in [0.4, 0.5) is 0 Å². The predicted octanol–water partition coefficient (Wildman–Crippen LogP) is 2.41. The van der Waals surface area contributed by atoms with Crippen molar-refractivity contribution in [1.82, 2.24) is 10.2 Å². The second-order valence-corrected chi connectivity index (χ2v) is 7.43. The third-order valence-electron chi connectivity index (χ3n) is 5.39. The maximum Gasteiger partial charge on any atom is 0.169 e. The molecule has 4 aliphatic carbocycles. The van der Waals surface area contributed by atoms with Crippen LogP contribution in [-0.4, -0.2) is 42.9 Å². The Morgan fingerprint density at radius 1 is 1.21 bits per heavy atom. The van der Waals surface area contributed by atoms with Crippen molar-refractivity contribution in [2.75, 3.05) is 27.3 Å². The molecule has 19 heavy (non-hydrogen) atoms. The summed E-state index contributed by atoms with van der Waals surface area (Å²) < 4.78 is 5.13. The number of rotatable bonds is 4. The lowest BCUT2D eigenvalue weighted by Crippen LogP contribution is -2.61. The highest BCUT2D eigenvalue weighted by atomic mass is 32.1. The SMILES string of the molecule is COCCN(C)C(=S)NC12CC3CC(CC(C3)C1)C2. The summed E-state index contributed by atoms with van der Waals surface area (Å²) in [6, 6.07) is 0. The monoisotopic (exact) mass is 282 g/mol. The predicted molar refractivity (Wildman–Crippen MR) is 81.1 cm³/mol. The van der Waals surface area contributed by atoms with Gasteiger partial charge >= 0.3 is 0 Å². The molecule has 0 atom stereocenters. The van der Waals surface area contributed by atoms with E-state index in [0.29, 0.717) is 5.54 Å². The van der Waals surface area contributed by atoms with E-state index in [1.165, 1.54) is 38.5 Å². The first kappa shape index (κ1) is 13.6. The lowest BCUT2D eigenvalue weighted by molar-refractivity contribution is -0.0111. The van der Waals surface area contributed by atoms with Gasteiger partial charge in [0.2, 0.25) is 0 Å². The van der Waals surface area contributed by atoms with E-state index in [9.17, 15) is 0 Å². The van der Waals surface area contributed by atoms with E-state index in [4.69, 9.17) is 17.0 Å². The first-order chi connectivity index (χ1) is 9.10. The summed E-state index contributed by atoms with van der Waals surface area (Å²) in [6.07, 6.45) is 8.47. The average molecular weight is 282 g/mol. The van der Waals surface area contributed by atoms with Crippen LogP contribution < -0.4 is 5.32 Å². The highest BCUT2D eigenvalue weighted by Gasteiger charge is 2.51. The van der Waals surface area contributed by atoms with Gasteiger partial charge in [-0.25, -0.2) is 0 Å². The van der Waals surface area contributed by atoms with Gasteiger partial charge in [-0.3, -0.25) is 0 Å². The standard InChI is InChI=1S/C15H26N2OS/c1-17(3-4-18-2)14(19)16-15-8-11-5-12(9-15)7-13(6-11)10-15/h11-13H,3-10H2,1-2H3,(H,16,19). The van der Waals surface area contributed by atoms with Gasteiger partial charge in [-0.05, 0) is 68.5 Å². The number of hydrogen-bond donors (Lipinski definition) is 1. The van der Waals surface area contributed by atoms with E-state index < -0.39 is 0 Å². The maximum atomic E-state index is 5.58. The molecule has 0 radical (unpaired) electrons. The summed E-state index contributed by atoms with van der Waals surface area (Å²) in [4.78, 5) is 2.12. The number of methoxy groups -OCH3 is 1. The topological polar surface area (TPSA) is 24.5 Å². The van der Waals surface area contributed by atoms with Crippen LogP contribution in [0, 0.1) is 17.8 Å². The molecule has 0 aliphatic heterocycles. The number of hydrogen-bond acceptors (Lipinski definition) is 2. The molecule has 0 spiro atoms. The van der Waals surface area contributed by atoms with Crippen LogP contribution in [-0.2, 0) is 4.74 Å². The average Bonchev–Trinajstić information content (AvgIpc) is 2.33. The Balaban J connectivity index is 1.61. The minimum Gasteiger partial charge on any atom is -0.383 e. The number of nitrogens with zero attached hydrogens (tertiary/aromatic N) is 1. The van der Waals surface area contributed by atoms with E-state index in [0.717, 1.165) is 36.0 Å². The van der Waals surface area contributed by atoms with Gasteiger partial charge in [0.15, 0.2) is 5.11 Å². The van der Waals surface area contributed by atoms with Crippen molar-refractivity contribution in [2.24, 2.45) is 17.8 Å². The van der Waals surface area contributed by atoms with Gasteiger partial charge in [0.1, 0.15) is 0 Å². The molecule has 1 N–H and O–H groups in total. The van der Waals surface area contributed by atoms with Gasteiger partial charge in [0, 0.05) is 26.2 Å². The lowest BCUT2D eigenvalue weighted by atomic mass is 9.53. The van der Waals surface area contributed by atoms with Crippen LogP contribution in [0.2, 0.25) is 0 Å². The van der Waals surface area contributed by atoms with Crippen molar-refractivity contribution >= 4 is 17.3 Å². The summed E-state index contributed by atoms with van der Waals surface area (Å²) in [7, 11) is 3.80. The summed E-state index contributed by atoms with van der Waals surface area (Å²) in [5, 5.41) is 4.65. The second kappa shape index (κ2) is 5.21. The number of thiocarbonyl (C=S) groups is 1. The molecule has 4 saturated carbocycles. The van der Waals surface area contributed by atoms with Crippen LogP contribution >= 0.6 is 12.2 Å². The number of ether oxygens (including phenoxy) is 1. The van der Waals surface area contributed by atoms with Crippen LogP contribution in [0.1, 0.15) is 38.5 Å². The van der Waals surface area contributed by atoms with Crippen molar-refractivity contribution in [2.45, 2.75) is 44.1 Å². The van der Waals surface area contributed by atoms with Gasteiger partial charge < -0.3 is 15.0 Å². The maximum absolute atomic E-state index is 5.58. The Morgan fingerprint density at radius 2 is 1.74 bits per heavy atom. The molecular formula is C15H26N2OS. The van der Waals surface area contributed by atoms with E-state index in [2.05, 4.69) is 17.3 Å². The number of likely N-dealkylation sites (N-methyl/N-ethyl adjacent to an activating group) is 1. The van der Waals surface area contributed by atoms with Crippen molar-refractivity contribution in [3.8, 4) is 0 Å². The van der Waals surface area contributed by atoms with Crippen LogP contribution in [0.3, 0.4) is 0 Å². The summed E-state index contributed by atoms with van der Waals surface area (Å²) in [5.74, 6) is 2.89. The Morgan fingerprint density at radius 3 is 2.21 bits per heavy atom. The second-order valence-electron chi connectivity index (χ2n) is 7.04. The quantitative estimate of drug-likeness (QED) is 0.800. The third kappa shape index (κ3) is 2.75. The molecule has 0 heterocycles. The fourth-order valence-corrected chi connectivity index (χ4v) is 5.22. The molecule has 3 nitrogen and oxygen atoms in total. The molecule has 4 heteroatoms. The van der Waals surface area contributed by atoms with E-state index in [-0.39, 0.29) is 0 Å². The lowest BCUT2D eigenvalue weighted by Gasteiger charge is -2.57. The van der Waals surface area contributed by atoms with Crippen molar-refractivity contribution in [1.29, 1.82) is 0 Å². The third-order valence-corrected chi connectivity index (χ3v) is 5.80. The summed E-state index contributed by atoms with van der Waals surface area (Å²) in [5.41, 5.74) is 0.327. The summed E-state index contributed by atoms with van der Waals surface area (Å²) in [6.45, 7) is 1.61. The highest BCUT2D eigenvalue weighted by Crippen LogP contribution is 2.55. The Bertz CT molecular complexity index is 323. The molecule has 0 aromatic carbocycles. The first-order valence-electron chi connectivity index (χ1n) is 7.62. The molecule has 4 fully saturated rings. The van der Waals surface area contributed by atoms with Crippen molar-refractivity contribution < 1.29 is 4.74 Å². The van der Waals surface area contributed by atoms with E-state index >= 15 is 0 Å². The molecule has 0 aromatic rings. The molecule has 4 aliphatic rings. The smallest absolute Gasteiger partial charge is 0.169 e. The largest absolute Gasteiger partial charge is 0.383 e. The molecule has 0 amide bonds. The van der Waals surface area contributed by atoms with Crippen LogP contribution in [0.15, 0.2) is 0 Å². The molecule has 4 rings (SSSR count). The van der Waals surface area contributed by atoms with E-state index in [1.54, 1.807) is 7.11 Å². The summed E-state index contributed by atoms with van der Waals surface area (Å²) >= 11 is 5.58. The zero-order valence-corrected chi connectivity index (χ0v) is 13.0. The fourth-order valence-electron chi connectivity index (χ4n) is 4.92. The molecular weight excluding hydrogens is 256 g/mol. The van der Waals surface area contributed by atoms with Gasteiger partial charge in [0.05, 0.1) is 6.61 Å². The minimum atomic E-state index is 0.327. The molecule has 108 valence electrons. The zero-order valence-electron chi connectivity index (χ0n) is 12.2. The van der Waals surface area contributed by atoms with E-state index in [1.807, 2.05) is 0 Å². The zero-order chi connectivity index (χ0) is 13.5. The van der Waals surface area contributed by atoms with Crippen LogP contribution in [0.25, 0.3) is 0 Å². The van der Waals surface area contributed by atoms with Gasteiger partial charge in [-0.2, -0.15) is 0 Å². The molecule has 0 aromatic heterocycles. The van der Waals surface area contributed by atoms with Crippen molar-refractivity contribution in [3.63, 3.8) is 0 Å². The van der Waals surface area contributed by atoms with Gasteiger partial charge in [0.25, 0.3) is 0 Å². The normalized spacial score (nSPS) is 39.4. The molecule has 4 bridgehead atoms. The fraction of sp³-hybridized carbons (Fsp3) is 0.933. The Hall–Kier alpha value is -0.350.